The predicted molar refractivity (Wildman–Crippen MR) is 72.9 cm³/mol. The van der Waals surface area contributed by atoms with Gasteiger partial charge in [-0.3, -0.25) is 4.79 Å². The Morgan fingerprint density at radius 3 is 2.68 bits per heavy atom. The second-order valence-corrected chi connectivity index (χ2v) is 5.40. The summed E-state index contributed by atoms with van der Waals surface area (Å²) in [6.45, 7) is 3.60. The van der Waals surface area contributed by atoms with Crippen LogP contribution in [-0.4, -0.2) is 50.1 Å². The van der Waals surface area contributed by atoms with Crippen molar-refractivity contribution in [3.63, 3.8) is 0 Å². The number of nitrogens with one attached hydrogen (secondary N) is 1. The van der Waals surface area contributed by atoms with Gasteiger partial charge in [0, 0.05) is 13.1 Å². The zero-order chi connectivity index (χ0) is 14.1. The predicted octanol–water partition coefficient (Wildman–Crippen LogP) is 1.10. The number of carbonyl (C=O) groups is 1. The summed E-state index contributed by atoms with van der Waals surface area (Å²) < 4.78 is 10.2. The van der Waals surface area contributed by atoms with Crippen LogP contribution < -0.4 is 5.32 Å². The lowest BCUT2D eigenvalue weighted by molar-refractivity contribution is -0.140. The first kappa shape index (κ1) is 16.4. The Labute approximate surface area is 115 Å². The monoisotopic (exact) mass is 273 g/mol. The third-order valence-electron chi connectivity index (χ3n) is 3.60. The molecule has 0 heterocycles. The Balaban J connectivity index is 1.98. The van der Waals surface area contributed by atoms with Crippen LogP contribution in [0.5, 0.6) is 0 Å². The van der Waals surface area contributed by atoms with Gasteiger partial charge in [0.15, 0.2) is 0 Å². The fourth-order valence-electron chi connectivity index (χ4n) is 2.26. The van der Waals surface area contributed by atoms with Crippen LogP contribution in [0.3, 0.4) is 0 Å². The van der Waals surface area contributed by atoms with E-state index in [2.05, 4.69) is 17.0 Å². The first-order chi connectivity index (χ1) is 9.11. The van der Waals surface area contributed by atoms with Crippen LogP contribution in [0.15, 0.2) is 0 Å². The summed E-state index contributed by atoms with van der Waals surface area (Å²) in [6, 6.07) is 0. The largest absolute Gasteiger partial charge is 0.469 e. The molecular weight excluding hydrogens is 246 g/mol. The van der Waals surface area contributed by atoms with E-state index in [4.69, 9.17) is 4.74 Å². The van der Waals surface area contributed by atoms with Crippen molar-refractivity contribution in [2.45, 2.75) is 51.2 Å². The molecule has 112 valence electrons. The van der Waals surface area contributed by atoms with E-state index in [1.807, 2.05) is 0 Å². The first-order valence-corrected chi connectivity index (χ1v) is 7.19. The van der Waals surface area contributed by atoms with Crippen LogP contribution in [0.4, 0.5) is 0 Å². The fourth-order valence-corrected chi connectivity index (χ4v) is 2.26. The van der Waals surface area contributed by atoms with Crippen molar-refractivity contribution in [1.82, 2.24) is 5.32 Å². The maximum atomic E-state index is 10.9. The van der Waals surface area contributed by atoms with Crippen molar-refractivity contribution in [2.24, 2.45) is 5.92 Å². The molecule has 1 fully saturated rings. The Morgan fingerprint density at radius 2 is 2.05 bits per heavy atom. The van der Waals surface area contributed by atoms with Crippen molar-refractivity contribution < 1.29 is 19.4 Å². The van der Waals surface area contributed by atoms with E-state index >= 15 is 0 Å². The molecule has 0 spiro atoms. The normalized spacial score (nSPS) is 25.0. The number of rotatable bonds is 8. The molecule has 0 radical (unpaired) electrons. The Morgan fingerprint density at radius 1 is 1.37 bits per heavy atom. The van der Waals surface area contributed by atoms with Crippen LogP contribution in [0, 0.1) is 5.92 Å². The number of hydrogen-bond acceptors (Lipinski definition) is 5. The van der Waals surface area contributed by atoms with E-state index in [9.17, 15) is 9.90 Å². The summed E-state index contributed by atoms with van der Waals surface area (Å²) >= 11 is 0. The third-order valence-corrected chi connectivity index (χ3v) is 3.60. The number of aliphatic hydroxyl groups excluding tert-OH is 1. The molecular formula is C14H27NO4. The SMILES string of the molecule is COC(=O)CCNCC(O)COC1CCC(C)CC1. The average Bonchev–Trinajstić information content (AvgIpc) is 2.42. The van der Waals surface area contributed by atoms with Crippen molar-refractivity contribution in [3.8, 4) is 0 Å². The first-order valence-electron chi connectivity index (χ1n) is 7.19. The maximum Gasteiger partial charge on any atom is 0.306 e. The van der Waals surface area contributed by atoms with Crippen LogP contribution in [-0.2, 0) is 14.3 Å². The van der Waals surface area contributed by atoms with E-state index in [1.54, 1.807) is 0 Å². The van der Waals surface area contributed by atoms with Crippen LogP contribution in [0.25, 0.3) is 0 Å². The zero-order valence-electron chi connectivity index (χ0n) is 12.1. The summed E-state index contributed by atoms with van der Waals surface area (Å²) in [5, 5.41) is 12.8. The van der Waals surface area contributed by atoms with Gasteiger partial charge in [-0.25, -0.2) is 0 Å². The van der Waals surface area contributed by atoms with Crippen molar-refractivity contribution >= 4 is 5.97 Å². The van der Waals surface area contributed by atoms with Crippen molar-refractivity contribution in [2.75, 3.05) is 26.8 Å². The quantitative estimate of drug-likeness (QED) is 0.512. The molecule has 0 saturated heterocycles. The highest BCUT2D eigenvalue weighted by Crippen LogP contribution is 2.25. The fraction of sp³-hybridized carbons (Fsp3) is 0.929. The van der Waals surface area contributed by atoms with Gasteiger partial charge >= 0.3 is 5.97 Å². The smallest absolute Gasteiger partial charge is 0.306 e. The lowest BCUT2D eigenvalue weighted by atomic mass is 9.89. The molecule has 5 heteroatoms. The summed E-state index contributed by atoms with van der Waals surface area (Å²) in [7, 11) is 1.37. The molecule has 19 heavy (non-hydrogen) atoms. The summed E-state index contributed by atoms with van der Waals surface area (Å²) in [6.07, 6.45) is 4.76. The Hall–Kier alpha value is -0.650. The van der Waals surface area contributed by atoms with Gasteiger partial charge in [-0.2, -0.15) is 0 Å². The van der Waals surface area contributed by atoms with Gasteiger partial charge < -0.3 is 19.9 Å². The highest BCUT2D eigenvalue weighted by molar-refractivity contribution is 5.69. The maximum absolute atomic E-state index is 10.9. The highest BCUT2D eigenvalue weighted by atomic mass is 16.5. The van der Waals surface area contributed by atoms with E-state index in [0.29, 0.717) is 32.2 Å². The van der Waals surface area contributed by atoms with Gasteiger partial charge in [0.05, 0.1) is 32.3 Å². The van der Waals surface area contributed by atoms with Gasteiger partial charge in [0.1, 0.15) is 0 Å². The molecule has 5 nitrogen and oxygen atoms in total. The number of ether oxygens (including phenoxy) is 2. The summed E-state index contributed by atoms with van der Waals surface area (Å²) in [5.74, 6) is 0.569. The minimum absolute atomic E-state index is 0.241. The number of methoxy groups -OCH3 is 1. The zero-order valence-corrected chi connectivity index (χ0v) is 12.1. The Bertz CT molecular complexity index is 252. The number of carbonyl (C=O) groups excluding carboxylic acids is 1. The molecule has 0 bridgehead atoms. The summed E-state index contributed by atoms with van der Waals surface area (Å²) in [4.78, 5) is 10.9. The highest BCUT2D eigenvalue weighted by Gasteiger charge is 2.19. The molecule has 0 aromatic rings. The van der Waals surface area contributed by atoms with E-state index < -0.39 is 6.10 Å². The molecule has 0 aromatic heterocycles. The summed E-state index contributed by atoms with van der Waals surface area (Å²) in [5.41, 5.74) is 0. The third kappa shape index (κ3) is 7.50. The molecule has 1 saturated carbocycles. The molecule has 0 amide bonds. The molecule has 2 N–H and O–H groups in total. The topological polar surface area (TPSA) is 67.8 Å². The van der Waals surface area contributed by atoms with Gasteiger partial charge in [-0.15, -0.1) is 0 Å². The number of aliphatic hydroxyl groups is 1. The molecule has 1 aliphatic rings. The van der Waals surface area contributed by atoms with Crippen LogP contribution in [0.2, 0.25) is 0 Å². The Kier molecular flexibility index (Phi) is 8.02. The van der Waals surface area contributed by atoms with Gasteiger partial charge in [0.2, 0.25) is 0 Å². The van der Waals surface area contributed by atoms with Gasteiger partial charge in [0.25, 0.3) is 0 Å². The molecule has 0 aliphatic heterocycles. The second kappa shape index (κ2) is 9.28. The van der Waals surface area contributed by atoms with E-state index in [0.717, 1.165) is 18.8 Å². The molecule has 1 aliphatic carbocycles. The van der Waals surface area contributed by atoms with Gasteiger partial charge in [-0.1, -0.05) is 6.92 Å². The lowest BCUT2D eigenvalue weighted by Crippen LogP contribution is -2.33. The molecule has 1 unspecified atom stereocenters. The standard InChI is InChI=1S/C14H27NO4/c1-11-3-5-13(6-4-11)19-10-12(16)9-15-8-7-14(17)18-2/h11-13,15-16H,3-10H2,1-2H3. The van der Waals surface area contributed by atoms with Crippen molar-refractivity contribution in [3.05, 3.63) is 0 Å². The van der Waals surface area contributed by atoms with Crippen LogP contribution >= 0.6 is 0 Å². The van der Waals surface area contributed by atoms with Gasteiger partial charge in [-0.05, 0) is 31.6 Å². The van der Waals surface area contributed by atoms with Crippen LogP contribution in [0.1, 0.15) is 39.0 Å². The number of esters is 1. The van der Waals surface area contributed by atoms with E-state index in [1.165, 1.54) is 20.0 Å². The minimum Gasteiger partial charge on any atom is -0.469 e. The second-order valence-electron chi connectivity index (χ2n) is 5.40. The molecule has 1 atom stereocenters. The number of hydrogen-bond donors (Lipinski definition) is 2. The lowest BCUT2D eigenvalue weighted by Gasteiger charge is -2.27. The minimum atomic E-state index is -0.517. The molecule has 1 rings (SSSR count). The van der Waals surface area contributed by atoms with E-state index in [-0.39, 0.29) is 5.97 Å². The average molecular weight is 273 g/mol. The molecule has 0 aromatic carbocycles. The van der Waals surface area contributed by atoms with Crippen molar-refractivity contribution in [1.29, 1.82) is 0 Å².